The molecule has 0 aliphatic rings. The van der Waals surface area contributed by atoms with Crippen molar-refractivity contribution < 1.29 is 17.9 Å². The van der Waals surface area contributed by atoms with Crippen LogP contribution in [0.3, 0.4) is 0 Å². The monoisotopic (exact) mass is 334 g/mol. The van der Waals surface area contributed by atoms with Gasteiger partial charge in [-0.05, 0) is 31.2 Å². The highest BCUT2D eigenvalue weighted by atomic mass is 32.2. The fourth-order valence-corrected chi connectivity index (χ4v) is 2.30. The number of carbonyl (C=O) groups is 1. The van der Waals surface area contributed by atoms with E-state index in [-0.39, 0.29) is 12.3 Å². The predicted octanol–water partition coefficient (Wildman–Crippen LogP) is 2.36. The van der Waals surface area contributed by atoms with Crippen LogP contribution in [0, 0.1) is 0 Å². The molecule has 0 aliphatic heterocycles. The minimum absolute atomic E-state index is 0.0754. The summed E-state index contributed by atoms with van der Waals surface area (Å²) in [6.07, 6.45) is 0. The van der Waals surface area contributed by atoms with Gasteiger partial charge < -0.3 is 10.1 Å². The van der Waals surface area contributed by atoms with Gasteiger partial charge in [-0.25, -0.2) is 13.1 Å². The summed E-state index contributed by atoms with van der Waals surface area (Å²) in [5, 5.41) is 2.64. The largest absolute Gasteiger partial charge is 0.455 e. The van der Waals surface area contributed by atoms with Crippen LogP contribution in [0.1, 0.15) is 6.92 Å². The lowest BCUT2D eigenvalue weighted by Gasteiger charge is -2.12. The molecule has 2 N–H and O–H groups in total. The van der Waals surface area contributed by atoms with E-state index in [9.17, 15) is 13.2 Å². The fourth-order valence-electron chi connectivity index (χ4n) is 1.75. The van der Waals surface area contributed by atoms with Crippen molar-refractivity contribution in [2.24, 2.45) is 0 Å². The van der Waals surface area contributed by atoms with Crippen molar-refractivity contribution in [3.63, 3.8) is 0 Å². The number of rotatable bonds is 7. The normalized spacial score (nSPS) is 11.0. The lowest BCUT2D eigenvalue weighted by Crippen LogP contribution is -2.33. The molecule has 0 spiro atoms. The highest BCUT2D eigenvalue weighted by molar-refractivity contribution is 7.89. The second-order valence-corrected chi connectivity index (χ2v) is 6.78. The van der Waals surface area contributed by atoms with E-state index in [0.29, 0.717) is 17.2 Å². The van der Waals surface area contributed by atoms with Crippen LogP contribution in [-0.4, -0.2) is 26.6 Å². The number of anilines is 1. The average Bonchev–Trinajstić information content (AvgIpc) is 2.56. The minimum atomic E-state index is -3.41. The molecule has 0 saturated heterocycles. The molecule has 1 amide bonds. The highest BCUT2D eigenvalue weighted by Gasteiger charge is 2.12. The molecule has 2 aromatic rings. The summed E-state index contributed by atoms with van der Waals surface area (Å²) in [5.41, 5.74) is 0.469. The SMILES string of the molecule is CCS(=O)(=O)NCC(=O)Nc1ccccc1Oc1ccccc1. The Bertz CT molecular complexity index is 761. The standard InChI is InChI=1S/C16H18N2O4S/c1-2-23(20,21)17-12-16(19)18-14-10-6-7-11-15(14)22-13-8-4-3-5-9-13/h3-11,17H,2,12H2,1H3,(H,18,19). The molecule has 7 heteroatoms. The number of ether oxygens (including phenoxy) is 1. The van der Waals surface area contributed by atoms with Gasteiger partial charge in [-0.2, -0.15) is 0 Å². The zero-order valence-electron chi connectivity index (χ0n) is 12.7. The first-order valence-electron chi connectivity index (χ1n) is 7.09. The van der Waals surface area contributed by atoms with Crippen LogP contribution >= 0.6 is 0 Å². The Labute approximate surface area is 135 Å². The lowest BCUT2D eigenvalue weighted by molar-refractivity contribution is -0.115. The van der Waals surface area contributed by atoms with Gasteiger partial charge in [0.25, 0.3) is 0 Å². The van der Waals surface area contributed by atoms with Crippen LogP contribution in [0.2, 0.25) is 0 Å². The topological polar surface area (TPSA) is 84.5 Å². The molecule has 0 saturated carbocycles. The zero-order chi connectivity index (χ0) is 16.7. The second-order valence-electron chi connectivity index (χ2n) is 4.68. The van der Waals surface area contributed by atoms with Crippen LogP contribution in [0.5, 0.6) is 11.5 Å². The fraction of sp³-hybridized carbons (Fsp3) is 0.188. The predicted molar refractivity (Wildman–Crippen MR) is 89.1 cm³/mol. The number of sulfonamides is 1. The molecule has 0 atom stereocenters. The van der Waals surface area contributed by atoms with Crippen LogP contribution in [-0.2, 0) is 14.8 Å². The summed E-state index contributed by atoms with van der Waals surface area (Å²) in [7, 11) is -3.41. The van der Waals surface area contributed by atoms with Crippen molar-refractivity contribution in [1.29, 1.82) is 0 Å². The summed E-state index contributed by atoms with van der Waals surface area (Å²) in [6, 6.07) is 16.1. The Kier molecular flexibility index (Phi) is 5.72. The Morgan fingerprint density at radius 3 is 2.39 bits per heavy atom. The third-order valence-electron chi connectivity index (χ3n) is 2.96. The van der Waals surface area contributed by atoms with E-state index < -0.39 is 15.9 Å². The van der Waals surface area contributed by atoms with E-state index in [1.54, 1.807) is 36.4 Å². The molecule has 0 bridgehead atoms. The third kappa shape index (κ3) is 5.39. The van der Waals surface area contributed by atoms with E-state index in [4.69, 9.17) is 4.74 Å². The number of hydrogen-bond acceptors (Lipinski definition) is 4. The summed E-state index contributed by atoms with van der Waals surface area (Å²) in [6.45, 7) is 1.18. The van der Waals surface area contributed by atoms with E-state index in [1.807, 2.05) is 18.2 Å². The first-order valence-corrected chi connectivity index (χ1v) is 8.74. The van der Waals surface area contributed by atoms with Gasteiger partial charge >= 0.3 is 0 Å². The Morgan fingerprint density at radius 1 is 1.04 bits per heavy atom. The minimum Gasteiger partial charge on any atom is -0.455 e. The molecule has 0 fully saturated rings. The smallest absolute Gasteiger partial charge is 0.239 e. The van der Waals surface area contributed by atoms with Crippen LogP contribution in [0.15, 0.2) is 54.6 Å². The quantitative estimate of drug-likeness (QED) is 0.814. The van der Waals surface area contributed by atoms with E-state index in [0.717, 1.165) is 0 Å². The lowest BCUT2D eigenvalue weighted by atomic mass is 10.3. The number of benzene rings is 2. The van der Waals surface area contributed by atoms with Crippen molar-refractivity contribution >= 4 is 21.6 Å². The van der Waals surface area contributed by atoms with Gasteiger partial charge in [0.05, 0.1) is 18.0 Å². The zero-order valence-corrected chi connectivity index (χ0v) is 13.5. The van der Waals surface area contributed by atoms with Gasteiger partial charge in [0.2, 0.25) is 15.9 Å². The number of nitrogens with one attached hydrogen (secondary N) is 2. The summed E-state index contributed by atoms with van der Waals surface area (Å²) in [5.74, 6) is 0.575. The van der Waals surface area contributed by atoms with Gasteiger partial charge in [-0.3, -0.25) is 4.79 Å². The highest BCUT2D eigenvalue weighted by Crippen LogP contribution is 2.28. The van der Waals surface area contributed by atoms with E-state index in [2.05, 4.69) is 10.0 Å². The molecule has 122 valence electrons. The van der Waals surface area contributed by atoms with Crippen molar-refractivity contribution in [2.75, 3.05) is 17.6 Å². The molecule has 2 aromatic carbocycles. The van der Waals surface area contributed by atoms with Crippen LogP contribution < -0.4 is 14.8 Å². The molecular formula is C16H18N2O4S. The van der Waals surface area contributed by atoms with E-state index >= 15 is 0 Å². The Hall–Kier alpha value is -2.38. The molecule has 0 aliphatic carbocycles. The first-order chi connectivity index (χ1) is 11.0. The van der Waals surface area contributed by atoms with Crippen molar-refractivity contribution in [1.82, 2.24) is 4.72 Å². The number of hydrogen-bond donors (Lipinski definition) is 2. The molecular weight excluding hydrogens is 316 g/mol. The third-order valence-corrected chi connectivity index (χ3v) is 4.31. The molecule has 0 radical (unpaired) electrons. The average molecular weight is 334 g/mol. The summed E-state index contributed by atoms with van der Waals surface area (Å²) < 4.78 is 30.6. The van der Waals surface area contributed by atoms with Crippen molar-refractivity contribution in [2.45, 2.75) is 6.92 Å². The number of carbonyl (C=O) groups excluding carboxylic acids is 1. The molecule has 2 rings (SSSR count). The molecule has 0 aromatic heterocycles. The van der Waals surface area contributed by atoms with Crippen molar-refractivity contribution in [3.8, 4) is 11.5 Å². The summed E-state index contributed by atoms with van der Waals surface area (Å²) in [4.78, 5) is 11.9. The molecule has 0 heterocycles. The Balaban J connectivity index is 2.04. The van der Waals surface area contributed by atoms with Gasteiger partial charge in [-0.15, -0.1) is 0 Å². The van der Waals surface area contributed by atoms with Crippen LogP contribution in [0.4, 0.5) is 5.69 Å². The maximum atomic E-state index is 11.9. The van der Waals surface area contributed by atoms with Gasteiger partial charge in [0.15, 0.2) is 5.75 Å². The number of para-hydroxylation sites is 3. The van der Waals surface area contributed by atoms with Gasteiger partial charge in [-0.1, -0.05) is 30.3 Å². The van der Waals surface area contributed by atoms with Crippen LogP contribution in [0.25, 0.3) is 0 Å². The molecule has 6 nitrogen and oxygen atoms in total. The van der Waals surface area contributed by atoms with Crippen molar-refractivity contribution in [3.05, 3.63) is 54.6 Å². The van der Waals surface area contributed by atoms with Gasteiger partial charge in [0.1, 0.15) is 5.75 Å². The molecule has 23 heavy (non-hydrogen) atoms. The second kappa shape index (κ2) is 7.75. The summed E-state index contributed by atoms with van der Waals surface area (Å²) >= 11 is 0. The van der Waals surface area contributed by atoms with E-state index in [1.165, 1.54) is 6.92 Å². The first kappa shape index (κ1) is 17.0. The number of amides is 1. The molecule has 0 unspecified atom stereocenters. The Morgan fingerprint density at radius 2 is 1.70 bits per heavy atom. The maximum Gasteiger partial charge on any atom is 0.239 e. The maximum absolute atomic E-state index is 11.9. The van der Waals surface area contributed by atoms with Gasteiger partial charge in [0, 0.05) is 0 Å².